The lowest BCUT2D eigenvalue weighted by Gasteiger charge is -2.34. The quantitative estimate of drug-likeness (QED) is 0.782. The monoisotopic (exact) mass is 313 g/mol. The number of nitrogens with zero attached hydrogens (tertiary/aromatic N) is 1. The van der Waals surface area contributed by atoms with Crippen LogP contribution in [-0.2, 0) is 11.3 Å². The second-order valence-corrected chi connectivity index (χ2v) is 6.39. The number of carbonyl (C=O) groups excluding carboxylic acids is 1. The van der Waals surface area contributed by atoms with E-state index in [0.717, 1.165) is 24.2 Å². The van der Waals surface area contributed by atoms with Gasteiger partial charge in [0, 0.05) is 18.8 Å². The van der Waals surface area contributed by atoms with E-state index in [-0.39, 0.29) is 23.0 Å². The molecule has 0 aliphatic carbocycles. The number of rotatable bonds is 4. The number of carbonyl (C=O) groups is 2. The number of hydrogen-bond donors (Lipinski definition) is 3. The molecule has 0 spiro atoms. The van der Waals surface area contributed by atoms with E-state index >= 15 is 0 Å². The minimum Gasteiger partial charge on any atom is -0.477 e. The summed E-state index contributed by atoms with van der Waals surface area (Å²) in [4.78, 5) is 27.2. The highest BCUT2D eigenvalue weighted by Crippen LogP contribution is 2.20. The summed E-state index contributed by atoms with van der Waals surface area (Å²) in [6.45, 7) is 5.14. The van der Waals surface area contributed by atoms with Gasteiger partial charge < -0.3 is 20.5 Å². The lowest BCUT2D eigenvalue weighted by atomic mass is 9.93. The van der Waals surface area contributed by atoms with Crippen molar-refractivity contribution in [1.82, 2.24) is 15.6 Å². The van der Waals surface area contributed by atoms with Crippen LogP contribution in [0.1, 0.15) is 40.1 Å². The van der Waals surface area contributed by atoms with Crippen molar-refractivity contribution in [2.45, 2.75) is 38.8 Å². The number of thiazole rings is 1. The van der Waals surface area contributed by atoms with Crippen molar-refractivity contribution in [3.63, 3.8) is 0 Å². The number of carboxylic acids is 1. The summed E-state index contributed by atoms with van der Waals surface area (Å²) in [5.41, 5.74) is 0.217. The molecule has 7 nitrogen and oxygen atoms in total. The average molecular weight is 313 g/mol. The molecule has 1 aliphatic heterocycles. The van der Waals surface area contributed by atoms with Crippen molar-refractivity contribution in [2.75, 3.05) is 13.2 Å². The fourth-order valence-electron chi connectivity index (χ4n) is 2.15. The summed E-state index contributed by atoms with van der Waals surface area (Å²) in [7, 11) is 0. The SMILES string of the molecule is Cc1nc(CNC(=O)NC2(C)CCOCC2)sc1C(=O)O. The highest BCUT2D eigenvalue weighted by Gasteiger charge is 2.28. The Morgan fingerprint density at radius 1 is 1.43 bits per heavy atom. The number of hydrogen-bond acceptors (Lipinski definition) is 5. The Kier molecular flexibility index (Phi) is 4.79. The predicted molar refractivity (Wildman–Crippen MR) is 77.6 cm³/mol. The summed E-state index contributed by atoms with van der Waals surface area (Å²) in [5.74, 6) is -0.990. The minimum atomic E-state index is -0.990. The Hall–Kier alpha value is -1.67. The summed E-state index contributed by atoms with van der Waals surface area (Å²) in [6.07, 6.45) is 1.56. The number of carboxylic acid groups (broad SMARTS) is 1. The zero-order valence-corrected chi connectivity index (χ0v) is 12.9. The number of aromatic nitrogens is 1. The van der Waals surface area contributed by atoms with Gasteiger partial charge in [0.1, 0.15) is 9.88 Å². The summed E-state index contributed by atoms with van der Waals surface area (Å²) >= 11 is 1.08. The van der Waals surface area contributed by atoms with Crippen LogP contribution in [0.5, 0.6) is 0 Å². The number of aryl methyl sites for hydroxylation is 1. The van der Waals surface area contributed by atoms with Gasteiger partial charge >= 0.3 is 12.0 Å². The van der Waals surface area contributed by atoms with E-state index in [0.29, 0.717) is 23.9 Å². The van der Waals surface area contributed by atoms with Crippen LogP contribution in [0.3, 0.4) is 0 Å². The molecule has 0 saturated carbocycles. The van der Waals surface area contributed by atoms with Crippen LogP contribution < -0.4 is 10.6 Å². The molecule has 3 N–H and O–H groups in total. The van der Waals surface area contributed by atoms with Crippen molar-refractivity contribution in [1.29, 1.82) is 0 Å². The highest BCUT2D eigenvalue weighted by atomic mass is 32.1. The van der Waals surface area contributed by atoms with Crippen molar-refractivity contribution in [3.05, 3.63) is 15.6 Å². The molecule has 0 aromatic carbocycles. The van der Waals surface area contributed by atoms with Gasteiger partial charge in [-0.1, -0.05) is 0 Å². The third-order valence-corrected chi connectivity index (χ3v) is 4.59. The van der Waals surface area contributed by atoms with E-state index in [1.165, 1.54) is 0 Å². The summed E-state index contributed by atoms with van der Waals surface area (Å²) in [5, 5.41) is 15.2. The van der Waals surface area contributed by atoms with Crippen LogP contribution in [-0.4, -0.2) is 40.8 Å². The van der Waals surface area contributed by atoms with Gasteiger partial charge in [0.05, 0.1) is 12.2 Å². The number of aromatic carboxylic acids is 1. The molecular formula is C13H19N3O4S. The van der Waals surface area contributed by atoms with Crippen LogP contribution in [0, 0.1) is 6.92 Å². The largest absolute Gasteiger partial charge is 0.477 e. The maximum atomic E-state index is 11.9. The molecule has 8 heteroatoms. The molecule has 1 aromatic rings. The maximum absolute atomic E-state index is 11.9. The fraction of sp³-hybridized carbons (Fsp3) is 0.615. The van der Waals surface area contributed by atoms with Crippen molar-refractivity contribution < 1.29 is 19.4 Å². The molecule has 2 amide bonds. The van der Waals surface area contributed by atoms with Gasteiger partial charge in [-0.25, -0.2) is 14.6 Å². The third-order valence-electron chi connectivity index (χ3n) is 3.45. The molecule has 0 atom stereocenters. The van der Waals surface area contributed by atoms with Gasteiger partial charge in [0.2, 0.25) is 0 Å². The number of nitrogens with one attached hydrogen (secondary N) is 2. The molecule has 2 rings (SSSR count). The Bertz CT molecular complexity index is 538. The third kappa shape index (κ3) is 4.15. The minimum absolute atomic E-state index is 0.212. The lowest BCUT2D eigenvalue weighted by molar-refractivity contribution is 0.0492. The zero-order chi connectivity index (χ0) is 15.5. The molecule has 1 aromatic heterocycles. The second kappa shape index (κ2) is 6.40. The van der Waals surface area contributed by atoms with Crippen LogP contribution in [0.4, 0.5) is 4.79 Å². The Morgan fingerprint density at radius 3 is 2.67 bits per heavy atom. The summed E-state index contributed by atoms with van der Waals surface area (Å²) in [6, 6.07) is -0.274. The van der Waals surface area contributed by atoms with Gasteiger partial charge in [-0.2, -0.15) is 0 Å². The van der Waals surface area contributed by atoms with Crippen molar-refractivity contribution >= 4 is 23.3 Å². The lowest BCUT2D eigenvalue weighted by Crippen LogP contribution is -2.52. The van der Waals surface area contributed by atoms with Crippen molar-refractivity contribution in [3.8, 4) is 0 Å². The first-order chi connectivity index (χ1) is 9.89. The van der Waals surface area contributed by atoms with Gasteiger partial charge in [0.25, 0.3) is 0 Å². The Morgan fingerprint density at radius 2 is 2.10 bits per heavy atom. The first-order valence-electron chi connectivity index (χ1n) is 6.73. The molecule has 116 valence electrons. The topological polar surface area (TPSA) is 101 Å². The van der Waals surface area contributed by atoms with Crippen LogP contribution in [0.25, 0.3) is 0 Å². The molecule has 1 saturated heterocycles. The van der Waals surface area contributed by atoms with Crippen LogP contribution >= 0.6 is 11.3 Å². The molecular weight excluding hydrogens is 294 g/mol. The predicted octanol–water partition coefficient (Wildman–Crippen LogP) is 1.52. The van der Waals surface area contributed by atoms with Gasteiger partial charge in [-0.15, -0.1) is 11.3 Å². The normalized spacial score (nSPS) is 17.2. The summed E-state index contributed by atoms with van der Waals surface area (Å²) < 4.78 is 5.28. The molecule has 0 unspecified atom stereocenters. The van der Waals surface area contributed by atoms with E-state index in [1.54, 1.807) is 6.92 Å². The van der Waals surface area contributed by atoms with Gasteiger partial charge in [0.15, 0.2) is 0 Å². The molecule has 1 aliphatic rings. The molecule has 0 bridgehead atoms. The van der Waals surface area contributed by atoms with Crippen LogP contribution in [0.15, 0.2) is 0 Å². The van der Waals surface area contributed by atoms with E-state index in [4.69, 9.17) is 9.84 Å². The molecule has 2 heterocycles. The second-order valence-electron chi connectivity index (χ2n) is 5.31. The first kappa shape index (κ1) is 15.7. The average Bonchev–Trinajstić information content (AvgIpc) is 2.78. The maximum Gasteiger partial charge on any atom is 0.347 e. The molecule has 1 fully saturated rings. The number of ether oxygens (including phenoxy) is 1. The standard InChI is InChI=1S/C13H19N3O4S/c1-8-10(11(17)18)21-9(15-8)7-14-12(19)16-13(2)3-5-20-6-4-13/h3-7H2,1-2H3,(H,17,18)(H2,14,16,19). The van der Waals surface area contributed by atoms with Crippen LogP contribution in [0.2, 0.25) is 0 Å². The molecule has 21 heavy (non-hydrogen) atoms. The zero-order valence-electron chi connectivity index (χ0n) is 12.1. The van der Waals surface area contributed by atoms with E-state index in [9.17, 15) is 9.59 Å². The Balaban J connectivity index is 1.86. The van der Waals surface area contributed by atoms with Crippen molar-refractivity contribution in [2.24, 2.45) is 0 Å². The fourth-order valence-corrected chi connectivity index (χ4v) is 2.99. The first-order valence-corrected chi connectivity index (χ1v) is 7.55. The van der Waals surface area contributed by atoms with Gasteiger partial charge in [-0.05, 0) is 26.7 Å². The smallest absolute Gasteiger partial charge is 0.347 e. The van der Waals surface area contributed by atoms with E-state index in [2.05, 4.69) is 15.6 Å². The highest BCUT2D eigenvalue weighted by molar-refractivity contribution is 7.13. The van der Waals surface area contributed by atoms with E-state index < -0.39 is 5.97 Å². The van der Waals surface area contributed by atoms with Gasteiger partial charge in [-0.3, -0.25) is 0 Å². The number of urea groups is 1. The number of amides is 2. The molecule has 0 radical (unpaired) electrons. The van der Waals surface area contributed by atoms with E-state index in [1.807, 2.05) is 6.92 Å². The Labute approximate surface area is 126 Å².